The fourth-order valence-electron chi connectivity index (χ4n) is 1.33. The SMILES string of the molecule is Cc1nc2cccc(Cl)n2c1C=O. The highest BCUT2D eigenvalue weighted by atomic mass is 35.5. The van der Waals surface area contributed by atoms with Gasteiger partial charge >= 0.3 is 0 Å². The normalized spacial score (nSPS) is 10.6. The van der Waals surface area contributed by atoms with E-state index in [9.17, 15) is 4.79 Å². The summed E-state index contributed by atoms with van der Waals surface area (Å²) in [6.45, 7) is 1.78. The molecule has 2 aromatic rings. The van der Waals surface area contributed by atoms with Crippen LogP contribution in [-0.2, 0) is 0 Å². The van der Waals surface area contributed by atoms with Gasteiger partial charge in [-0.15, -0.1) is 0 Å². The number of pyridine rings is 1. The molecule has 2 aromatic heterocycles. The summed E-state index contributed by atoms with van der Waals surface area (Å²) in [6.07, 6.45) is 0.765. The zero-order valence-electron chi connectivity index (χ0n) is 6.99. The highest BCUT2D eigenvalue weighted by Gasteiger charge is 2.08. The van der Waals surface area contributed by atoms with Gasteiger partial charge < -0.3 is 0 Å². The van der Waals surface area contributed by atoms with E-state index in [-0.39, 0.29) is 0 Å². The zero-order chi connectivity index (χ0) is 9.42. The van der Waals surface area contributed by atoms with Gasteiger partial charge in [0, 0.05) is 0 Å². The number of hydrogen-bond acceptors (Lipinski definition) is 2. The Morgan fingerprint density at radius 1 is 1.54 bits per heavy atom. The van der Waals surface area contributed by atoms with Crippen molar-refractivity contribution in [2.45, 2.75) is 6.92 Å². The molecule has 0 spiro atoms. The van der Waals surface area contributed by atoms with Crippen molar-refractivity contribution >= 4 is 23.5 Å². The van der Waals surface area contributed by atoms with E-state index in [2.05, 4.69) is 4.98 Å². The van der Waals surface area contributed by atoms with Crippen LogP contribution in [0.3, 0.4) is 0 Å². The molecule has 0 fully saturated rings. The van der Waals surface area contributed by atoms with Crippen molar-refractivity contribution in [2.24, 2.45) is 0 Å². The predicted molar refractivity (Wildman–Crippen MR) is 50.3 cm³/mol. The Kier molecular flexibility index (Phi) is 1.81. The van der Waals surface area contributed by atoms with Crippen LogP contribution < -0.4 is 0 Å². The minimum absolute atomic E-state index is 0.500. The highest BCUT2D eigenvalue weighted by molar-refractivity contribution is 6.29. The van der Waals surface area contributed by atoms with E-state index in [4.69, 9.17) is 11.6 Å². The summed E-state index contributed by atoms with van der Waals surface area (Å²) in [5, 5.41) is 0.500. The van der Waals surface area contributed by atoms with Crippen molar-refractivity contribution in [3.8, 4) is 0 Å². The van der Waals surface area contributed by atoms with E-state index in [1.54, 1.807) is 23.5 Å². The van der Waals surface area contributed by atoms with E-state index in [0.717, 1.165) is 6.29 Å². The number of aryl methyl sites for hydroxylation is 1. The van der Waals surface area contributed by atoms with Gasteiger partial charge in [0.15, 0.2) is 6.29 Å². The molecular formula is C9H7ClN2O. The van der Waals surface area contributed by atoms with Crippen LogP contribution in [0.25, 0.3) is 5.65 Å². The first-order valence-corrected chi connectivity index (χ1v) is 4.20. The van der Waals surface area contributed by atoms with E-state index >= 15 is 0 Å². The van der Waals surface area contributed by atoms with Crippen molar-refractivity contribution in [3.05, 3.63) is 34.7 Å². The van der Waals surface area contributed by atoms with Crippen LogP contribution in [0.4, 0.5) is 0 Å². The third kappa shape index (κ3) is 1.12. The van der Waals surface area contributed by atoms with Gasteiger partial charge in [0.25, 0.3) is 0 Å². The second kappa shape index (κ2) is 2.85. The number of carbonyl (C=O) groups is 1. The van der Waals surface area contributed by atoms with Crippen LogP contribution in [0.15, 0.2) is 18.2 Å². The molecule has 2 rings (SSSR count). The van der Waals surface area contributed by atoms with Gasteiger partial charge in [-0.1, -0.05) is 17.7 Å². The molecule has 13 heavy (non-hydrogen) atoms. The second-order valence-electron chi connectivity index (χ2n) is 2.74. The Morgan fingerprint density at radius 3 is 3.00 bits per heavy atom. The monoisotopic (exact) mass is 194 g/mol. The number of nitrogens with zero attached hydrogens (tertiary/aromatic N) is 2. The first kappa shape index (κ1) is 8.26. The molecule has 4 heteroatoms. The average molecular weight is 195 g/mol. The van der Waals surface area contributed by atoms with Crippen LogP contribution in [0, 0.1) is 6.92 Å². The fraction of sp³-hybridized carbons (Fsp3) is 0.111. The van der Waals surface area contributed by atoms with Crippen molar-refractivity contribution in [2.75, 3.05) is 0 Å². The summed E-state index contributed by atoms with van der Waals surface area (Å²) in [5.41, 5.74) is 1.91. The van der Waals surface area contributed by atoms with Gasteiger partial charge in [0.05, 0.1) is 5.69 Å². The number of imidazole rings is 1. The lowest BCUT2D eigenvalue weighted by Crippen LogP contribution is -1.92. The molecule has 0 N–H and O–H groups in total. The maximum absolute atomic E-state index is 10.7. The molecule has 3 nitrogen and oxygen atoms in total. The minimum Gasteiger partial charge on any atom is -0.296 e. The Morgan fingerprint density at radius 2 is 2.31 bits per heavy atom. The van der Waals surface area contributed by atoms with E-state index < -0.39 is 0 Å². The number of fused-ring (bicyclic) bond motifs is 1. The number of aromatic nitrogens is 2. The lowest BCUT2D eigenvalue weighted by atomic mass is 10.4. The van der Waals surface area contributed by atoms with Gasteiger partial charge in [0.2, 0.25) is 0 Å². The molecule has 0 bridgehead atoms. The summed E-state index contributed by atoms with van der Waals surface area (Å²) in [7, 11) is 0. The number of hydrogen-bond donors (Lipinski definition) is 0. The third-order valence-electron chi connectivity index (χ3n) is 1.93. The van der Waals surface area contributed by atoms with Gasteiger partial charge in [0.1, 0.15) is 16.5 Å². The number of aldehydes is 1. The summed E-state index contributed by atoms with van der Waals surface area (Å²) >= 11 is 5.92. The summed E-state index contributed by atoms with van der Waals surface area (Å²) in [4.78, 5) is 14.9. The molecule has 0 amide bonds. The molecule has 66 valence electrons. The first-order valence-electron chi connectivity index (χ1n) is 3.83. The molecule has 0 aliphatic rings. The standard InChI is InChI=1S/C9H7ClN2O/c1-6-7(5-13)12-8(10)3-2-4-9(12)11-6/h2-5H,1H3. The molecular weight excluding hydrogens is 188 g/mol. The highest BCUT2D eigenvalue weighted by Crippen LogP contribution is 2.16. The molecule has 0 aromatic carbocycles. The first-order chi connectivity index (χ1) is 6.24. The summed E-state index contributed by atoms with van der Waals surface area (Å²) in [5.74, 6) is 0. The predicted octanol–water partition coefficient (Wildman–Crippen LogP) is 2.11. The van der Waals surface area contributed by atoms with Gasteiger partial charge in [-0.3, -0.25) is 9.20 Å². The Balaban J connectivity index is 2.96. The molecule has 0 aliphatic carbocycles. The number of rotatable bonds is 1. The van der Waals surface area contributed by atoms with Crippen LogP contribution in [-0.4, -0.2) is 15.7 Å². The largest absolute Gasteiger partial charge is 0.296 e. The van der Waals surface area contributed by atoms with Gasteiger partial charge in [-0.05, 0) is 19.1 Å². The van der Waals surface area contributed by atoms with E-state index in [1.165, 1.54) is 0 Å². The minimum atomic E-state index is 0.500. The third-order valence-corrected chi connectivity index (χ3v) is 2.22. The second-order valence-corrected chi connectivity index (χ2v) is 3.13. The van der Waals surface area contributed by atoms with Crippen molar-refractivity contribution in [1.29, 1.82) is 0 Å². The molecule has 0 unspecified atom stereocenters. The molecule has 0 radical (unpaired) electrons. The van der Waals surface area contributed by atoms with E-state index in [0.29, 0.717) is 22.2 Å². The number of halogens is 1. The molecule has 0 aliphatic heterocycles. The molecule has 2 heterocycles. The maximum atomic E-state index is 10.7. The lowest BCUT2D eigenvalue weighted by molar-refractivity contribution is 0.111. The fourth-order valence-corrected chi connectivity index (χ4v) is 1.58. The Bertz CT molecular complexity index is 476. The quantitative estimate of drug-likeness (QED) is 0.515. The van der Waals surface area contributed by atoms with Crippen LogP contribution >= 0.6 is 11.6 Å². The summed E-state index contributed by atoms with van der Waals surface area (Å²) < 4.78 is 1.63. The molecule has 0 saturated heterocycles. The molecule has 0 saturated carbocycles. The zero-order valence-corrected chi connectivity index (χ0v) is 7.75. The smallest absolute Gasteiger partial charge is 0.168 e. The van der Waals surface area contributed by atoms with Gasteiger partial charge in [-0.25, -0.2) is 4.98 Å². The summed E-state index contributed by atoms with van der Waals surface area (Å²) in [6, 6.07) is 5.34. The van der Waals surface area contributed by atoms with Crippen LogP contribution in [0.1, 0.15) is 16.2 Å². The molecule has 0 atom stereocenters. The van der Waals surface area contributed by atoms with Crippen molar-refractivity contribution in [1.82, 2.24) is 9.38 Å². The van der Waals surface area contributed by atoms with Crippen LogP contribution in [0.2, 0.25) is 5.15 Å². The van der Waals surface area contributed by atoms with Crippen molar-refractivity contribution in [3.63, 3.8) is 0 Å². The van der Waals surface area contributed by atoms with Crippen LogP contribution in [0.5, 0.6) is 0 Å². The maximum Gasteiger partial charge on any atom is 0.168 e. The average Bonchev–Trinajstić information content (AvgIpc) is 2.42. The van der Waals surface area contributed by atoms with Crippen molar-refractivity contribution < 1.29 is 4.79 Å². The number of carbonyl (C=O) groups excluding carboxylic acids is 1. The Hall–Kier alpha value is -1.35. The van der Waals surface area contributed by atoms with E-state index in [1.807, 2.05) is 6.07 Å². The van der Waals surface area contributed by atoms with Gasteiger partial charge in [-0.2, -0.15) is 0 Å². The topological polar surface area (TPSA) is 34.4 Å². The Labute approximate surface area is 80.0 Å². The lowest BCUT2D eigenvalue weighted by Gasteiger charge is -1.97.